The summed E-state index contributed by atoms with van der Waals surface area (Å²) in [6, 6.07) is 0. The molecule has 5 nitrogen and oxygen atoms in total. The Labute approximate surface area is 84.2 Å². The van der Waals surface area contributed by atoms with Gasteiger partial charge in [-0.05, 0) is 18.0 Å². The normalized spacial score (nSPS) is 10.0. The Hall–Kier alpha value is -0.880. The van der Waals surface area contributed by atoms with Gasteiger partial charge in [0.25, 0.3) is 0 Å². The third-order valence-electron chi connectivity index (χ3n) is 0.894. The monoisotopic (exact) mass is 251 g/mol. The van der Waals surface area contributed by atoms with Crippen molar-refractivity contribution < 1.29 is 19.2 Å². The van der Waals surface area contributed by atoms with E-state index in [0.29, 0.717) is 0 Å². The van der Waals surface area contributed by atoms with Gasteiger partial charge in [0.15, 0.2) is 0 Å². The number of carbonyl (C=O) groups excluding carboxylic acids is 2. The molecule has 13 heavy (non-hydrogen) atoms. The summed E-state index contributed by atoms with van der Waals surface area (Å²) in [6.07, 6.45) is 1.60. The lowest BCUT2D eigenvalue weighted by molar-refractivity contribution is -0.160. The quantitative estimate of drug-likeness (QED) is 0.342. The van der Waals surface area contributed by atoms with E-state index >= 15 is 0 Å². The fourth-order valence-corrected chi connectivity index (χ4v) is 0.583. The highest BCUT2D eigenvalue weighted by atomic mass is 79.9. The Kier molecular flexibility index (Phi) is 7.23. The average molecular weight is 252 g/mol. The molecule has 0 aliphatic rings. The molecule has 0 aromatic heterocycles. The Morgan fingerprint density at radius 1 is 1.54 bits per heavy atom. The number of carbonyl (C=O) groups is 2. The van der Waals surface area contributed by atoms with Gasteiger partial charge in [-0.25, -0.2) is 10.3 Å². The van der Waals surface area contributed by atoms with Crippen molar-refractivity contribution in [1.29, 1.82) is 0 Å². The average Bonchev–Trinajstić information content (AvgIpc) is 2.12. The van der Waals surface area contributed by atoms with Crippen LogP contribution in [0.15, 0.2) is 11.1 Å². The molecule has 6 heteroatoms. The van der Waals surface area contributed by atoms with Crippen LogP contribution in [0.5, 0.6) is 0 Å². The zero-order valence-corrected chi connectivity index (χ0v) is 8.67. The van der Waals surface area contributed by atoms with E-state index in [-0.39, 0.29) is 13.2 Å². The molecule has 0 spiro atoms. The lowest BCUT2D eigenvalue weighted by Crippen LogP contribution is -2.32. The lowest BCUT2D eigenvalue weighted by atomic mass is 10.6. The zero-order valence-electron chi connectivity index (χ0n) is 7.08. The van der Waals surface area contributed by atoms with Crippen LogP contribution in [-0.4, -0.2) is 25.1 Å². The molecular formula is C7H10BrNO4. The third-order valence-corrected chi connectivity index (χ3v) is 1.27. The molecule has 0 unspecified atom stereocenters. The van der Waals surface area contributed by atoms with Crippen LogP contribution in [0.3, 0.4) is 0 Å². The highest BCUT2D eigenvalue weighted by Gasteiger charge is 2.13. The van der Waals surface area contributed by atoms with E-state index < -0.39 is 11.9 Å². The fraction of sp³-hybridized carbons (Fsp3) is 0.429. The number of ether oxygens (including phenoxy) is 1. The van der Waals surface area contributed by atoms with Crippen LogP contribution in [0.2, 0.25) is 0 Å². The van der Waals surface area contributed by atoms with Crippen LogP contribution in [0, 0.1) is 0 Å². The minimum absolute atomic E-state index is 0.160. The highest BCUT2D eigenvalue weighted by molar-refractivity contribution is 9.11. The third kappa shape index (κ3) is 6.30. The van der Waals surface area contributed by atoms with Gasteiger partial charge in [-0.3, -0.25) is 9.63 Å². The van der Waals surface area contributed by atoms with Crippen molar-refractivity contribution in [2.75, 3.05) is 13.2 Å². The van der Waals surface area contributed by atoms with Crippen molar-refractivity contribution in [3.63, 3.8) is 0 Å². The molecule has 0 atom stereocenters. The first-order chi connectivity index (χ1) is 6.22. The Balaban J connectivity index is 3.56. The standard InChI is InChI=1S/C7H10BrNO4/c1-2-12-7(11)6(10)9-13-5-3-4-8/h3-4H,2,5H2,1H3,(H,9,10)/b4-3+. The summed E-state index contributed by atoms with van der Waals surface area (Å²) in [4.78, 5) is 27.6. The van der Waals surface area contributed by atoms with Crippen molar-refractivity contribution in [3.05, 3.63) is 11.1 Å². The topological polar surface area (TPSA) is 64.6 Å². The number of hydroxylamine groups is 1. The van der Waals surface area contributed by atoms with Crippen molar-refractivity contribution in [3.8, 4) is 0 Å². The van der Waals surface area contributed by atoms with Crippen LogP contribution in [0.4, 0.5) is 0 Å². The van der Waals surface area contributed by atoms with E-state index in [0.717, 1.165) is 0 Å². The molecule has 0 fully saturated rings. The lowest BCUT2D eigenvalue weighted by Gasteiger charge is -2.02. The number of esters is 1. The first kappa shape index (κ1) is 12.1. The smallest absolute Gasteiger partial charge is 0.399 e. The molecule has 0 saturated carbocycles. The molecular weight excluding hydrogens is 242 g/mol. The molecule has 0 saturated heterocycles. The maximum atomic E-state index is 10.7. The van der Waals surface area contributed by atoms with Crippen molar-refractivity contribution in [1.82, 2.24) is 5.48 Å². The van der Waals surface area contributed by atoms with E-state index in [2.05, 4.69) is 25.5 Å². The van der Waals surface area contributed by atoms with Gasteiger partial charge >= 0.3 is 11.9 Å². The number of nitrogens with one attached hydrogen (secondary N) is 1. The van der Waals surface area contributed by atoms with E-state index in [9.17, 15) is 9.59 Å². The summed E-state index contributed by atoms with van der Waals surface area (Å²) in [5, 5.41) is 0. The van der Waals surface area contributed by atoms with Crippen molar-refractivity contribution in [2.24, 2.45) is 0 Å². The number of halogens is 1. The zero-order chi connectivity index (χ0) is 10.1. The molecule has 0 rings (SSSR count). The van der Waals surface area contributed by atoms with Crippen LogP contribution >= 0.6 is 15.9 Å². The second-order valence-electron chi connectivity index (χ2n) is 1.82. The molecule has 1 amide bonds. The molecule has 0 aromatic carbocycles. The molecule has 0 aliphatic heterocycles. The summed E-state index contributed by atoms with van der Waals surface area (Å²) < 4.78 is 4.40. The SMILES string of the molecule is CCOC(=O)C(=O)NOC/C=C/Br. The summed E-state index contributed by atoms with van der Waals surface area (Å²) in [5.74, 6) is -1.87. The van der Waals surface area contributed by atoms with Gasteiger partial charge in [-0.1, -0.05) is 15.9 Å². The molecule has 74 valence electrons. The summed E-state index contributed by atoms with van der Waals surface area (Å²) in [7, 11) is 0. The largest absolute Gasteiger partial charge is 0.459 e. The van der Waals surface area contributed by atoms with Gasteiger partial charge in [0.2, 0.25) is 0 Å². The molecule has 0 aromatic rings. The number of hydrogen-bond donors (Lipinski definition) is 1. The Bertz CT molecular complexity index is 205. The van der Waals surface area contributed by atoms with Crippen molar-refractivity contribution >= 4 is 27.8 Å². The summed E-state index contributed by atoms with van der Waals surface area (Å²) in [6.45, 7) is 1.95. The molecule has 1 N–H and O–H groups in total. The summed E-state index contributed by atoms with van der Waals surface area (Å²) in [5.41, 5.74) is 1.92. The van der Waals surface area contributed by atoms with Gasteiger partial charge in [0.1, 0.15) is 0 Å². The van der Waals surface area contributed by atoms with Crippen LogP contribution in [0.1, 0.15) is 6.92 Å². The van der Waals surface area contributed by atoms with E-state index in [4.69, 9.17) is 0 Å². The Morgan fingerprint density at radius 2 is 2.23 bits per heavy atom. The van der Waals surface area contributed by atoms with Crippen molar-refractivity contribution in [2.45, 2.75) is 6.92 Å². The van der Waals surface area contributed by atoms with E-state index in [1.807, 2.05) is 5.48 Å². The minimum atomic E-state index is -0.953. The van der Waals surface area contributed by atoms with Crippen LogP contribution < -0.4 is 5.48 Å². The number of amides is 1. The maximum absolute atomic E-state index is 10.7. The van der Waals surface area contributed by atoms with Gasteiger partial charge in [-0.15, -0.1) is 0 Å². The Morgan fingerprint density at radius 3 is 2.77 bits per heavy atom. The molecule has 0 radical (unpaired) electrons. The van der Waals surface area contributed by atoms with Crippen LogP contribution in [0.25, 0.3) is 0 Å². The van der Waals surface area contributed by atoms with Gasteiger partial charge in [-0.2, -0.15) is 0 Å². The van der Waals surface area contributed by atoms with E-state index in [1.54, 1.807) is 18.0 Å². The first-order valence-corrected chi connectivity index (χ1v) is 4.48. The van der Waals surface area contributed by atoms with Crippen LogP contribution in [-0.2, 0) is 19.2 Å². The molecule has 0 heterocycles. The second kappa shape index (κ2) is 7.75. The number of rotatable bonds is 4. The van der Waals surface area contributed by atoms with E-state index in [1.165, 1.54) is 0 Å². The second-order valence-corrected chi connectivity index (χ2v) is 2.35. The highest BCUT2D eigenvalue weighted by Crippen LogP contribution is 1.83. The van der Waals surface area contributed by atoms with Gasteiger partial charge < -0.3 is 4.74 Å². The van der Waals surface area contributed by atoms with Gasteiger partial charge in [0.05, 0.1) is 13.2 Å². The predicted octanol–water partition coefficient (Wildman–Crippen LogP) is 0.506. The minimum Gasteiger partial charge on any atom is -0.459 e. The molecule has 0 aliphatic carbocycles. The first-order valence-electron chi connectivity index (χ1n) is 3.56. The number of hydrogen-bond acceptors (Lipinski definition) is 4. The summed E-state index contributed by atoms with van der Waals surface area (Å²) >= 11 is 3.01. The predicted molar refractivity (Wildman–Crippen MR) is 48.8 cm³/mol. The van der Waals surface area contributed by atoms with Gasteiger partial charge in [0, 0.05) is 0 Å². The molecule has 0 bridgehead atoms. The maximum Gasteiger partial charge on any atom is 0.399 e. The fourth-order valence-electron chi connectivity index (χ4n) is 0.430.